The van der Waals surface area contributed by atoms with Gasteiger partial charge in [0.15, 0.2) is 0 Å². The molecule has 0 amide bonds. The minimum Gasteiger partial charge on any atom is -0.456 e. The van der Waals surface area contributed by atoms with Gasteiger partial charge >= 0.3 is 0 Å². The third kappa shape index (κ3) is 2.64. The van der Waals surface area contributed by atoms with Crippen molar-refractivity contribution in [2.75, 3.05) is 0 Å². The molecule has 1 aliphatic heterocycles. The molecule has 1 heteroatoms. The Hall–Kier alpha value is -4.62. The molecule has 0 N–H and O–H groups in total. The molecule has 162 valence electrons. The van der Waals surface area contributed by atoms with Gasteiger partial charge in [-0.1, -0.05) is 91.0 Å². The maximum Gasteiger partial charge on any atom is 0.135 e. The first-order valence-corrected chi connectivity index (χ1v) is 12.0. The topological polar surface area (TPSA) is 9.23 Å². The highest BCUT2D eigenvalue weighted by Crippen LogP contribution is 2.49. The lowest BCUT2D eigenvalue weighted by molar-refractivity contribution is 0.487. The van der Waals surface area contributed by atoms with Crippen molar-refractivity contribution >= 4 is 43.1 Å². The Bertz CT molecular complexity index is 1980. The van der Waals surface area contributed by atoms with E-state index in [0.717, 1.165) is 17.1 Å². The van der Waals surface area contributed by atoms with Gasteiger partial charge in [0, 0.05) is 10.9 Å². The Morgan fingerprint density at radius 2 is 1.09 bits per heavy atom. The monoisotopic (exact) mass is 444 g/mol. The predicted octanol–water partition coefficient (Wildman–Crippen LogP) is 9.74. The molecule has 35 heavy (non-hydrogen) atoms. The number of fused-ring (bicyclic) bond motifs is 6. The van der Waals surface area contributed by atoms with Gasteiger partial charge in [0.2, 0.25) is 0 Å². The first-order valence-electron chi connectivity index (χ1n) is 12.0. The van der Waals surface area contributed by atoms with E-state index in [0.29, 0.717) is 0 Å². The molecular formula is C34H20O. The van der Waals surface area contributed by atoms with E-state index in [4.69, 9.17) is 4.74 Å². The molecule has 0 aromatic heterocycles. The molecule has 1 nitrogen and oxygen atoms in total. The van der Waals surface area contributed by atoms with E-state index in [1.165, 1.54) is 59.8 Å². The highest BCUT2D eigenvalue weighted by molar-refractivity contribution is 6.23. The lowest BCUT2D eigenvalue weighted by Crippen LogP contribution is -1.97. The van der Waals surface area contributed by atoms with Crippen molar-refractivity contribution < 1.29 is 4.74 Å². The summed E-state index contributed by atoms with van der Waals surface area (Å²) >= 11 is 0. The molecular weight excluding hydrogens is 424 g/mol. The quantitative estimate of drug-likeness (QED) is 0.181. The van der Waals surface area contributed by atoms with Crippen molar-refractivity contribution in [3.63, 3.8) is 0 Å². The zero-order chi connectivity index (χ0) is 22.9. The van der Waals surface area contributed by atoms with Gasteiger partial charge < -0.3 is 4.74 Å². The minimum absolute atomic E-state index is 0.915. The predicted molar refractivity (Wildman–Crippen MR) is 147 cm³/mol. The first-order chi connectivity index (χ1) is 17.3. The van der Waals surface area contributed by atoms with Gasteiger partial charge in [0.25, 0.3) is 0 Å². The van der Waals surface area contributed by atoms with Crippen LogP contribution in [0.2, 0.25) is 0 Å². The van der Waals surface area contributed by atoms with Gasteiger partial charge in [0.1, 0.15) is 11.5 Å². The van der Waals surface area contributed by atoms with Crippen molar-refractivity contribution in [1.29, 1.82) is 0 Å². The Morgan fingerprint density at radius 1 is 0.400 bits per heavy atom. The van der Waals surface area contributed by atoms with Gasteiger partial charge in [-0.05, 0) is 84.7 Å². The van der Waals surface area contributed by atoms with Crippen LogP contribution in [0.5, 0.6) is 11.5 Å². The van der Waals surface area contributed by atoms with Crippen LogP contribution in [-0.4, -0.2) is 0 Å². The fourth-order valence-corrected chi connectivity index (χ4v) is 5.87. The third-order valence-corrected chi connectivity index (χ3v) is 7.38. The van der Waals surface area contributed by atoms with Gasteiger partial charge in [0.05, 0.1) is 0 Å². The first kappa shape index (κ1) is 18.8. The van der Waals surface area contributed by atoms with Crippen LogP contribution in [0.4, 0.5) is 0 Å². The molecule has 0 saturated carbocycles. The van der Waals surface area contributed by atoms with E-state index < -0.39 is 0 Å². The summed E-state index contributed by atoms with van der Waals surface area (Å²) in [6.07, 6.45) is 0. The van der Waals surface area contributed by atoms with E-state index in [9.17, 15) is 0 Å². The van der Waals surface area contributed by atoms with Crippen LogP contribution >= 0.6 is 0 Å². The van der Waals surface area contributed by atoms with Gasteiger partial charge in [-0.25, -0.2) is 0 Å². The Morgan fingerprint density at radius 3 is 2.03 bits per heavy atom. The maximum absolute atomic E-state index is 6.29. The second-order valence-corrected chi connectivity index (χ2v) is 9.33. The highest BCUT2D eigenvalue weighted by Gasteiger charge is 2.22. The number of rotatable bonds is 1. The third-order valence-electron chi connectivity index (χ3n) is 7.38. The Balaban J connectivity index is 1.59. The van der Waals surface area contributed by atoms with Crippen molar-refractivity contribution in [2.45, 2.75) is 0 Å². The average Bonchev–Trinajstić information content (AvgIpc) is 2.91. The van der Waals surface area contributed by atoms with Gasteiger partial charge in [-0.3, -0.25) is 0 Å². The SMILES string of the molecule is c1ccc2c(c1)Oc1cccc3cc(-c4c5ccccc5cc5ccc6ccccc6c45)cc-2c13. The van der Waals surface area contributed by atoms with Crippen molar-refractivity contribution in [3.05, 3.63) is 121 Å². The van der Waals surface area contributed by atoms with Crippen molar-refractivity contribution in [2.24, 2.45) is 0 Å². The fourth-order valence-electron chi connectivity index (χ4n) is 5.87. The lowest BCUT2D eigenvalue weighted by Gasteiger charge is -2.23. The number of para-hydroxylation sites is 1. The molecule has 0 radical (unpaired) electrons. The number of hydrogen-bond acceptors (Lipinski definition) is 1. The standard InChI is InChI=1S/C34H20O/c1-3-11-26-21(8-1)16-17-24-18-22-9-2-4-12-27(22)34(33(24)26)25-19-23-10-7-15-31-32(23)29(20-25)28-13-5-6-14-30(28)35-31/h1-20H. The van der Waals surface area contributed by atoms with E-state index in [1.54, 1.807) is 0 Å². The summed E-state index contributed by atoms with van der Waals surface area (Å²) in [6.45, 7) is 0. The van der Waals surface area contributed by atoms with E-state index in [-0.39, 0.29) is 0 Å². The summed E-state index contributed by atoms with van der Waals surface area (Å²) in [5.74, 6) is 1.84. The number of ether oxygens (including phenoxy) is 1. The zero-order valence-corrected chi connectivity index (χ0v) is 19.0. The van der Waals surface area contributed by atoms with Crippen LogP contribution in [0, 0.1) is 0 Å². The fraction of sp³-hybridized carbons (Fsp3) is 0. The molecule has 0 bridgehead atoms. The summed E-state index contributed by atoms with van der Waals surface area (Å²) in [7, 11) is 0. The molecule has 0 aliphatic carbocycles. The van der Waals surface area contributed by atoms with Gasteiger partial charge in [-0.15, -0.1) is 0 Å². The smallest absolute Gasteiger partial charge is 0.135 e. The van der Waals surface area contributed by atoms with Gasteiger partial charge in [-0.2, -0.15) is 0 Å². The molecule has 0 saturated heterocycles. The molecule has 0 spiro atoms. The number of benzene rings is 7. The number of hydrogen-bond donors (Lipinski definition) is 0. The Kier molecular flexibility index (Phi) is 3.72. The van der Waals surface area contributed by atoms with Crippen LogP contribution in [0.3, 0.4) is 0 Å². The van der Waals surface area contributed by atoms with E-state index in [2.05, 4.69) is 115 Å². The van der Waals surface area contributed by atoms with Crippen molar-refractivity contribution in [3.8, 4) is 33.8 Å². The van der Waals surface area contributed by atoms with Crippen LogP contribution in [0.25, 0.3) is 65.3 Å². The molecule has 0 fully saturated rings. The molecule has 1 heterocycles. The highest BCUT2D eigenvalue weighted by atomic mass is 16.5. The molecule has 0 unspecified atom stereocenters. The molecule has 1 aliphatic rings. The second kappa shape index (κ2) is 6.94. The molecule has 0 atom stereocenters. The minimum atomic E-state index is 0.915. The van der Waals surface area contributed by atoms with Crippen LogP contribution in [0.15, 0.2) is 121 Å². The maximum atomic E-state index is 6.29. The Labute approximate surface area is 202 Å². The van der Waals surface area contributed by atoms with Crippen LogP contribution in [0.1, 0.15) is 0 Å². The summed E-state index contributed by atoms with van der Waals surface area (Å²) in [4.78, 5) is 0. The van der Waals surface area contributed by atoms with E-state index >= 15 is 0 Å². The molecule has 8 rings (SSSR count). The summed E-state index contributed by atoms with van der Waals surface area (Å²) in [5.41, 5.74) is 4.91. The van der Waals surface area contributed by atoms with Crippen LogP contribution < -0.4 is 4.74 Å². The zero-order valence-electron chi connectivity index (χ0n) is 19.0. The molecule has 7 aromatic rings. The summed E-state index contributed by atoms with van der Waals surface area (Å²) in [5, 5.41) is 10.1. The van der Waals surface area contributed by atoms with Crippen molar-refractivity contribution in [1.82, 2.24) is 0 Å². The second-order valence-electron chi connectivity index (χ2n) is 9.33. The summed E-state index contributed by atoms with van der Waals surface area (Å²) in [6, 6.07) is 43.7. The van der Waals surface area contributed by atoms with Crippen LogP contribution in [-0.2, 0) is 0 Å². The summed E-state index contributed by atoms with van der Waals surface area (Å²) < 4.78 is 6.29. The normalized spacial score (nSPS) is 12.2. The molecule has 7 aromatic carbocycles. The largest absolute Gasteiger partial charge is 0.456 e. The van der Waals surface area contributed by atoms with E-state index in [1.807, 2.05) is 6.07 Å². The average molecular weight is 445 g/mol. The lowest BCUT2D eigenvalue weighted by atomic mass is 9.86.